The molecule has 8 heteroatoms. The summed E-state index contributed by atoms with van der Waals surface area (Å²) < 4.78 is 63.0. The zero-order valence-electron chi connectivity index (χ0n) is 26.5. The van der Waals surface area contributed by atoms with Gasteiger partial charge >= 0.3 is 0 Å². The third-order valence-corrected chi connectivity index (χ3v) is 9.65. The second-order valence-corrected chi connectivity index (χ2v) is 14.3. The van der Waals surface area contributed by atoms with Crippen LogP contribution in [0.15, 0.2) is 65.6 Å². The molecule has 1 heterocycles. The molecule has 4 rings (SSSR count). The monoisotopic (exact) mass is 640 g/mol. The topological polar surface area (TPSA) is 69.7 Å². The minimum atomic E-state index is -3.27. The first-order valence-electron chi connectivity index (χ1n) is 16.3. The molecular weight excluding hydrogens is 594 g/mol. The van der Waals surface area contributed by atoms with Crippen molar-refractivity contribution >= 4 is 15.6 Å². The number of unbranched alkanes of at least 4 members (excludes halogenated alkanes) is 7. The molecule has 244 valence electrons. The fourth-order valence-corrected chi connectivity index (χ4v) is 6.63. The van der Waals surface area contributed by atoms with Crippen LogP contribution in [0.3, 0.4) is 0 Å². The summed E-state index contributed by atoms with van der Waals surface area (Å²) in [7, 11) is -3.27. The van der Waals surface area contributed by atoms with Gasteiger partial charge in [0.05, 0.1) is 4.90 Å². The predicted molar refractivity (Wildman–Crippen MR) is 174 cm³/mol. The van der Waals surface area contributed by atoms with Gasteiger partial charge in [-0.25, -0.2) is 17.2 Å². The second-order valence-electron chi connectivity index (χ2n) is 12.3. The number of benzene rings is 3. The van der Waals surface area contributed by atoms with Crippen LogP contribution in [0.2, 0.25) is 0 Å². The molecule has 5 nitrogen and oxygen atoms in total. The van der Waals surface area contributed by atoms with Crippen molar-refractivity contribution in [2.45, 2.75) is 107 Å². The summed E-state index contributed by atoms with van der Waals surface area (Å²) in [5, 5.41) is 0. The van der Waals surface area contributed by atoms with Crippen LogP contribution in [0, 0.1) is 11.6 Å². The summed E-state index contributed by atoms with van der Waals surface area (Å²) in [4.78, 5) is 12.8. The molecule has 0 fully saturated rings. The Morgan fingerprint density at radius 3 is 2.13 bits per heavy atom. The average molecular weight is 641 g/mol. The number of fused-ring (bicyclic) bond motifs is 1. The lowest BCUT2D eigenvalue weighted by molar-refractivity contribution is -0.118. The van der Waals surface area contributed by atoms with Gasteiger partial charge in [0.2, 0.25) is 0 Å². The fraction of sp³-hybridized carbons (Fsp3) is 0.486. The Morgan fingerprint density at radius 1 is 0.822 bits per heavy atom. The molecule has 0 saturated heterocycles. The van der Waals surface area contributed by atoms with Crippen LogP contribution in [0.4, 0.5) is 8.78 Å². The third-order valence-electron chi connectivity index (χ3n) is 8.52. The molecule has 45 heavy (non-hydrogen) atoms. The van der Waals surface area contributed by atoms with E-state index in [4.69, 9.17) is 9.47 Å². The van der Waals surface area contributed by atoms with E-state index in [1.54, 1.807) is 24.3 Å². The van der Waals surface area contributed by atoms with Crippen molar-refractivity contribution in [1.29, 1.82) is 0 Å². The number of Topliss-reactive ketones (excluding diaryl/α,β-unsaturated/α-hetero) is 1. The van der Waals surface area contributed by atoms with Crippen molar-refractivity contribution in [3.05, 3.63) is 89.0 Å². The van der Waals surface area contributed by atoms with E-state index < -0.39 is 21.5 Å². The molecule has 0 saturated carbocycles. The van der Waals surface area contributed by atoms with Gasteiger partial charge in [-0.15, -0.1) is 0 Å². The van der Waals surface area contributed by atoms with Gasteiger partial charge < -0.3 is 9.47 Å². The lowest BCUT2D eigenvalue weighted by Gasteiger charge is -2.28. The van der Waals surface area contributed by atoms with E-state index in [2.05, 4.69) is 19.1 Å². The van der Waals surface area contributed by atoms with Crippen molar-refractivity contribution in [3.63, 3.8) is 0 Å². The molecule has 0 aromatic heterocycles. The van der Waals surface area contributed by atoms with Crippen LogP contribution in [-0.2, 0) is 21.1 Å². The van der Waals surface area contributed by atoms with E-state index in [1.807, 2.05) is 6.07 Å². The molecule has 0 N–H and O–H groups in total. The van der Waals surface area contributed by atoms with Crippen LogP contribution in [-0.4, -0.2) is 27.1 Å². The fourth-order valence-electron chi connectivity index (χ4n) is 6.00. The Labute approximate surface area is 267 Å². The summed E-state index contributed by atoms with van der Waals surface area (Å²) in [6.45, 7) is 2.56. The zero-order valence-corrected chi connectivity index (χ0v) is 27.3. The maximum atomic E-state index is 13.5. The van der Waals surface area contributed by atoms with Crippen molar-refractivity contribution in [2.24, 2.45) is 0 Å². The van der Waals surface area contributed by atoms with Crippen LogP contribution >= 0.6 is 0 Å². The minimum absolute atomic E-state index is 0.0107. The highest BCUT2D eigenvalue weighted by Gasteiger charge is 2.24. The first-order valence-corrected chi connectivity index (χ1v) is 18.2. The maximum absolute atomic E-state index is 13.5. The Bertz CT molecular complexity index is 1480. The molecule has 1 aliphatic rings. The molecule has 0 aliphatic carbocycles. The summed E-state index contributed by atoms with van der Waals surface area (Å²) in [6, 6.07) is 16.1. The Hall–Kier alpha value is -3.26. The predicted octanol–water partition coefficient (Wildman–Crippen LogP) is 9.48. The van der Waals surface area contributed by atoms with E-state index >= 15 is 0 Å². The van der Waals surface area contributed by atoms with E-state index in [0.29, 0.717) is 36.0 Å². The molecular formula is C37H46F2O5S. The quantitative estimate of drug-likeness (QED) is 0.130. The Balaban J connectivity index is 1.34. The number of carbonyl (C=O) groups is 1. The van der Waals surface area contributed by atoms with Crippen molar-refractivity contribution in [2.75, 3.05) is 12.9 Å². The van der Waals surface area contributed by atoms with Crippen LogP contribution in [0.1, 0.15) is 113 Å². The second kappa shape index (κ2) is 16.9. The largest absolute Gasteiger partial charge is 0.485 e. The molecule has 2 unspecified atom stereocenters. The van der Waals surface area contributed by atoms with Crippen molar-refractivity contribution < 1.29 is 31.5 Å². The minimum Gasteiger partial charge on any atom is -0.485 e. The molecule has 3 aromatic carbocycles. The molecule has 0 amide bonds. The lowest BCUT2D eigenvalue weighted by atomic mass is 9.87. The molecule has 0 spiro atoms. The molecule has 3 aromatic rings. The number of ketones is 1. The molecule has 2 atom stereocenters. The highest BCUT2D eigenvalue weighted by Crippen LogP contribution is 2.40. The third kappa shape index (κ3) is 10.9. The van der Waals surface area contributed by atoms with Gasteiger partial charge in [0.15, 0.2) is 27.4 Å². The zero-order chi connectivity index (χ0) is 32.2. The van der Waals surface area contributed by atoms with Gasteiger partial charge in [0.1, 0.15) is 24.0 Å². The number of carbonyl (C=O) groups excluding carboxylic acids is 1. The first-order chi connectivity index (χ1) is 21.6. The van der Waals surface area contributed by atoms with E-state index in [1.165, 1.54) is 62.5 Å². The maximum Gasteiger partial charge on any atom is 0.175 e. The summed E-state index contributed by atoms with van der Waals surface area (Å²) in [5.41, 5.74) is 2.42. The Kier molecular flexibility index (Phi) is 13.0. The van der Waals surface area contributed by atoms with E-state index in [-0.39, 0.29) is 23.2 Å². The van der Waals surface area contributed by atoms with Crippen LogP contribution in [0.25, 0.3) is 0 Å². The van der Waals surface area contributed by atoms with E-state index in [9.17, 15) is 22.0 Å². The van der Waals surface area contributed by atoms with Gasteiger partial charge in [0, 0.05) is 25.2 Å². The van der Waals surface area contributed by atoms with Gasteiger partial charge in [-0.05, 0) is 78.3 Å². The average Bonchev–Trinajstić information content (AvgIpc) is 3.00. The SMILES string of the molecule is CCCCCCCCCC(CCCCC(=O)Cc1cc(F)cc(F)c1)c1ccc2c(c1)OCC(c1ccc(S(C)(=O)=O)cc1)O2. The highest BCUT2D eigenvalue weighted by atomic mass is 32.2. The van der Waals surface area contributed by atoms with Crippen molar-refractivity contribution in [3.8, 4) is 11.5 Å². The normalized spacial score (nSPS) is 15.2. The number of hydrogen-bond donors (Lipinski definition) is 0. The smallest absolute Gasteiger partial charge is 0.175 e. The number of hydrogen-bond acceptors (Lipinski definition) is 5. The number of sulfone groups is 1. The van der Waals surface area contributed by atoms with Gasteiger partial charge in [-0.1, -0.05) is 76.5 Å². The summed E-state index contributed by atoms with van der Waals surface area (Å²) >= 11 is 0. The lowest BCUT2D eigenvalue weighted by Crippen LogP contribution is -2.21. The van der Waals surface area contributed by atoms with Gasteiger partial charge in [-0.3, -0.25) is 4.79 Å². The van der Waals surface area contributed by atoms with Crippen LogP contribution in [0.5, 0.6) is 11.5 Å². The Morgan fingerprint density at radius 2 is 1.47 bits per heavy atom. The van der Waals surface area contributed by atoms with Crippen LogP contribution < -0.4 is 9.47 Å². The van der Waals surface area contributed by atoms with E-state index in [0.717, 1.165) is 43.7 Å². The molecule has 1 aliphatic heterocycles. The molecule has 0 bridgehead atoms. The number of rotatable bonds is 18. The first kappa shape index (κ1) is 34.6. The van der Waals surface area contributed by atoms with Crippen molar-refractivity contribution in [1.82, 2.24) is 0 Å². The summed E-state index contributed by atoms with van der Waals surface area (Å²) in [6.07, 6.45) is 13.6. The molecule has 0 radical (unpaired) electrons. The van der Waals surface area contributed by atoms with Gasteiger partial charge in [-0.2, -0.15) is 0 Å². The highest BCUT2D eigenvalue weighted by molar-refractivity contribution is 7.90. The number of halogens is 2. The summed E-state index contributed by atoms with van der Waals surface area (Å²) in [5.74, 6) is 0.356. The standard InChI is InChI=1S/C37H46F2O5S/c1-3-4-5-6-7-8-9-12-28(13-10-11-14-33(40)23-27-21-31(38)25-32(39)22-27)30-17-20-35-36(24-30)43-26-37(44-35)29-15-18-34(19-16-29)45(2,41)42/h15-22,24-25,28,37H,3-14,23,26H2,1-2H3. The number of ether oxygens (including phenoxy) is 2. The van der Waals surface area contributed by atoms with Gasteiger partial charge in [0.25, 0.3) is 0 Å².